The molecule has 0 saturated carbocycles. The molecule has 0 N–H and O–H groups in total. The van der Waals surface area contributed by atoms with E-state index < -0.39 is 0 Å². The minimum absolute atomic E-state index is 0.836. The van der Waals surface area contributed by atoms with Crippen molar-refractivity contribution < 1.29 is 4.42 Å². The number of rotatable bonds is 0. The number of hydrogen-bond donors (Lipinski definition) is 0. The molecule has 17 heavy (non-hydrogen) atoms. The fraction of sp³-hybridized carbons (Fsp3) is 0. The Morgan fingerprint density at radius 2 is 1.88 bits per heavy atom. The zero-order valence-corrected chi connectivity index (χ0v) is 9.05. The highest BCUT2D eigenvalue weighted by Crippen LogP contribution is 2.13. The summed E-state index contributed by atoms with van der Waals surface area (Å²) in [5.74, 6) is 0. The van der Waals surface area contributed by atoms with Gasteiger partial charge in [-0.15, -0.1) is 0 Å². The second-order valence-corrected chi connectivity index (χ2v) is 3.83. The highest BCUT2D eigenvalue weighted by atomic mass is 16.3. The molecule has 0 atom stereocenters. The van der Waals surface area contributed by atoms with Crippen molar-refractivity contribution in [2.24, 2.45) is 0 Å². The quantitative estimate of drug-likeness (QED) is 0.453. The van der Waals surface area contributed by atoms with Gasteiger partial charge in [-0.3, -0.25) is 0 Å². The molecule has 2 aliphatic carbocycles. The molecule has 0 unspecified atom stereocenters. The molecule has 0 bridgehead atoms. The summed E-state index contributed by atoms with van der Waals surface area (Å²) < 4.78 is 5.12. The van der Waals surface area contributed by atoms with E-state index in [-0.39, 0.29) is 0 Å². The number of fused-ring (bicyclic) bond motifs is 1. The van der Waals surface area contributed by atoms with Crippen molar-refractivity contribution in [3.05, 3.63) is 70.8 Å². The molecule has 0 radical (unpaired) electrons. The molecule has 0 saturated heterocycles. The zero-order chi connectivity index (χ0) is 11.7. The zero-order valence-electron chi connectivity index (χ0n) is 9.05. The van der Waals surface area contributed by atoms with Gasteiger partial charge in [0.2, 0.25) is 0 Å². The van der Waals surface area contributed by atoms with Crippen LogP contribution in [-0.4, -0.2) is 0 Å². The molecule has 80 valence electrons. The van der Waals surface area contributed by atoms with E-state index in [0.717, 1.165) is 21.8 Å². The predicted molar refractivity (Wildman–Crippen MR) is 65.0 cm³/mol. The Morgan fingerprint density at radius 1 is 1.00 bits per heavy atom. The Kier molecular flexibility index (Phi) is 2.16. The van der Waals surface area contributed by atoms with Crippen LogP contribution in [0.15, 0.2) is 59.2 Å². The minimum atomic E-state index is 0.836. The number of para-hydroxylation sites is 1. The first-order chi connectivity index (χ1) is 8.38. The van der Waals surface area contributed by atoms with Gasteiger partial charge in [0, 0.05) is 5.39 Å². The smallest absolute Gasteiger partial charge is 0.133 e. The number of nitrogens with zero attached hydrogens (tertiary/aromatic N) is 1. The highest BCUT2D eigenvalue weighted by Gasteiger charge is 2.02. The molecule has 2 heteroatoms. The Bertz CT molecular complexity index is 779. The van der Waals surface area contributed by atoms with Gasteiger partial charge in [0.05, 0.1) is 17.9 Å². The summed E-state index contributed by atoms with van der Waals surface area (Å²) in [6.07, 6.45) is 1.70. The van der Waals surface area contributed by atoms with Gasteiger partial charge in [0.15, 0.2) is 0 Å². The Hall–Kier alpha value is -2.53. The summed E-state index contributed by atoms with van der Waals surface area (Å²) >= 11 is 0. The van der Waals surface area contributed by atoms with E-state index in [1.165, 1.54) is 5.22 Å². The highest BCUT2D eigenvalue weighted by molar-refractivity contribution is 5.76. The summed E-state index contributed by atoms with van der Waals surface area (Å²) in [5.41, 5.74) is 1.79. The van der Waals surface area contributed by atoms with Crippen LogP contribution in [0.5, 0.6) is 0 Å². The summed E-state index contributed by atoms with van der Waals surface area (Å²) in [5, 5.41) is 11.9. The summed E-state index contributed by atoms with van der Waals surface area (Å²) in [6.45, 7) is 0. The number of nitriles is 1. The molecule has 2 aromatic rings. The van der Waals surface area contributed by atoms with Crippen molar-refractivity contribution in [2.45, 2.75) is 0 Å². The standard InChI is InChI=1S/C8H6O.C7H3N/c1-2-4-8-7(3-1)5-6-9-8;8-4-6-3-5-1-2-7(5)6/h1-6H;1-3H. The van der Waals surface area contributed by atoms with Gasteiger partial charge in [-0.05, 0) is 28.6 Å². The molecule has 1 aromatic carbocycles. The third-order valence-electron chi connectivity index (χ3n) is 2.81. The average Bonchev–Trinajstić information content (AvgIpc) is 2.81. The van der Waals surface area contributed by atoms with Crippen molar-refractivity contribution in [3.8, 4) is 6.07 Å². The van der Waals surface area contributed by atoms with Crippen LogP contribution < -0.4 is 0 Å². The van der Waals surface area contributed by atoms with E-state index in [1.807, 2.05) is 48.5 Å². The molecule has 0 amide bonds. The fourth-order valence-corrected chi connectivity index (χ4v) is 1.79. The number of benzene rings is 2. The maximum Gasteiger partial charge on any atom is 0.133 e. The fourth-order valence-electron chi connectivity index (χ4n) is 1.79. The average molecular weight is 219 g/mol. The second-order valence-electron chi connectivity index (χ2n) is 3.83. The van der Waals surface area contributed by atoms with Crippen LogP contribution in [0.3, 0.4) is 0 Å². The van der Waals surface area contributed by atoms with Crippen molar-refractivity contribution in [2.75, 3.05) is 0 Å². The second kappa shape index (κ2) is 3.80. The van der Waals surface area contributed by atoms with Crippen molar-refractivity contribution in [1.82, 2.24) is 0 Å². The van der Waals surface area contributed by atoms with Gasteiger partial charge in [0.1, 0.15) is 5.58 Å². The summed E-state index contributed by atoms with van der Waals surface area (Å²) in [7, 11) is 0. The van der Waals surface area contributed by atoms with Crippen LogP contribution in [0.1, 0.15) is 5.56 Å². The topological polar surface area (TPSA) is 36.9 Å². The van der Waals surface area contributed by atoms with E-state index in [9.17, 15) is 0 Å². The van der Waals surface area contributed by atoms with E-state index in [4.69, 9.17) is 9.68 Å². The van der Waals surface area contributed by atoms with Gasteiger partial charge < -0.3 is 4.42 Å². The Labute approximate surface area is 98.0 Å². The molecule has 0 spiro atoms. The Morgan fingerprint density at radius 3 is 2.41 bits per heavy atom. The normalized spacial score (nSPS) is 10.3. The SMILES string of the molecule is N#Cc1cc2ccc1=2.c1ccc2occc2c1. The molecule has 2 nitrogen and oxygen atoms in total. The lowest BCUT2D eigenvalue weighted by Crippen LogP contribution is -1.90. The van der Waals surface area contributed by atoms with Crippen LogP contribution >= 0.6 is 0 Å². The van der Waals surface area contributed by atoms with Crippen LogP contribution in [0, 0.1) is 21.8 Å². The molecule has 2 aliphatic rings. The van der Waals surface area contributed by atoms with E-state index in [1.54, 1.807) is 6.26 Å². The van der Waals surface area contributed by atoms with Crippen LogP contribution in [0.25, 0.3) is 11.0 Å². The molecule has 1 heterocycles. The van der Waals surface area contributed by atoms with Crippen molar-refractivity contribution in [3.63, 3.8) is 0 Å². The van der Waals surface area contributed by atoms with Crippen LogP contribution in [0.2, 0.25) is 0 Å². The predicted octanol–water partition coefficient (Wildman–Crippen LogP) is 3.59. The van der Waals surface area contributed by atoms with Gasteiger partial charge in [-0.1, -0.05) is 30.3 Å². The first kappa shape index (κ1) is 9.68. The lowest BCUT2D eigenvalue weighted by molar-refractivity contribution is 0.616. The van der Waals surface area contributed by atoms with E-state index in [2.05, 4.69) is 6.07 Å². The van der Waals surface area contributed by atoms with E-state index >= 15 is 0 Å². The van der Waals surface area contributed by atoms with Gasteiger partial charge in [-0.25, -0.2) is 0 Å². The lowest BCUT2D eigenvalue weighted by Gasteiger charge is -2.01. The maximum atomic E-state index is 8.32. The largest absolute Gasteiger partial charge is 0.464 e. The third kappa shape index (κ3) is 1.58. The Balaban J connectivity index is 0.000000107. The molecule has 0 aliphatic heterocycles. The van der Waals surface area contributed by atoms with E-state index in [0.29, 0.717) is 0 Å². The monoisotopic (exact) mass is 219 g/mol. The van der Waals surface area contributed by atoms with Gasteiger partial charge in [0.25, 0.3) is 0 Å². The van der Waals surface area contributed by atoms with Crippen molar-refractivity contribution in [1.29, 1.82) is 5.26 Å². The van der Waals surface area contributed by atoms with Crippen LogP contribution in [0.4, 0.5) is 0 Å². The molecule has 4 rings (SSSR count). The van der Waals surface area contributed by atoms with Crippen molar-refractivity contribution >= 4 is 11.0 Å². The minimum Gasteiger partial charge on any atom is -0.464 e. The summed E-state index contributed by atoms with van der Waals surface area (Å²) in [4.78, 5) is 0. The third-order valence-corrected chi connectivity index (χ3v) is 2.81. The lowest BCUT2D eigenvalue weighted by atomic mass is 10.0. The molecular formula is C15H9NO. The van der Waals surface area contributed by atoms with Crippen LogP contribution in [-0.2, 0) is 0 Å². The number of hydrogen-bond acceptors (Lipinski definition) is 2. The first-order valence-corrected chi connectivity index (χ1v) is 5.35. The molecule has 1 aromatic heterocycles. The first-order valence-electron chi connectivity index (χ1n) is 5.35. The maximum absolute atomic E-state index is 8.32. The summed E-state index contributed by atoms with van der Waals surface area (Å²) in [6, 6.07) is 17.9. The number of furan rings is 1. The van der Waals surface area contributed by atoms with Gasteiger partial charge >= 0.3 is 0 Å². The van der Waals surface area contributed by atoms with Gasteiger partial charge in [-0.2, -0.15) is 5.26 Å². The molecular weight excluding hydrogens is 210 g/mol. The molecule has 0 fully saturated rings.